The van der Waals surface area contributed by atoms with Gasteiger partial charge in [0.1, 0.15) is 5.82 Å². The molecular weight excluding hydrogens is 280 g/mol. The van der Waals surface area contributed by atoms with Gasteiger partial charge in [-0.3, -0.25) is 0 Å². The lowest BCUT2D eigenvalue weighted by molar-refractivity contribution is 0.552. The molecule has 0 fully saturated rings. The Labute approximate surface area is 131 Å². The number of aryl methyl sites for hydroxylation is 1. The minimum Gasteiger partial charge on any atom is -0.354 e. The van der Waals surface area contributed by atoms with Gasteiger partial charge in [-0.15, -0.1) is 11.3 Å². The van der Waals surface area contributed by atoms with Crippen molar-refractivity contribution < 1.29 is 0 Å². The average Bonchev–Trinajstić information content (AvgIpc) is 2.90. The molecule has 2 heterocycles. The monoisotopic (exact) mass is 304 g/mol. The van der Waals surface area contributed by atoms with Crippen LogP contribution in [0.2, 0.25) is 0 Å². The molecule has 0 aliphatic carbocycles. The lowest BCUT2D eigenvalue weighted by atomic mass is 10.2. The van der Waals surface area contributed by atoms with Crippen molar-refractivity contribution in [3.8, 4) is 0 Å². The standard InChI is InChI=1S/C16H24N4S/c1-12(2)7-17-8-14-5-13(3)19-16(6-14)20(4)9-15-10-21-11-18-15/h5-6,10-12,17H,7-9H2,1-4H3. The predicted octanol–water partition coefficient (Wildman–Crippen LogP) is 3.23. The Hall–Kier alpha value is -1.46. The molecule has 2 rings (SSSR count). The van der Waals surface area contributed by atoms with Gasteiger partial charge >= 0.3 is 0 Å². The molecule has 0 aliphatic rings. The molecule has 0 radical (unpaired) electrons. The van der Waals surface area contributed by atoms with Crippen molar-refractivity contribution >= 4 is 17.2 Å². The molecule has 5 heteroatoms. The van der Waals surface area contributed by atoms with Gasteiger partial charge in [0, 0.05) is 24.7 Å². The summed E-state index contributed by atoms with van der Waals surface area (Å²) in [6, 6.07) is 4.31. The molecule has 1 N–H and O–H groups in total. The van der Waals surface area contributed by atoms with Crippen LogP contribution in [0.5, 0.6) is 0 Å². The molecule has 4 nitrogen and oxygen atoms in total. The fourth-order valence-corrected chi connectivity index (χ4v) is 2.71. The zero-order chi connectivity index (χ0) is 15.2. The molecule has 0 spiro atoms. The number of hydrogen-bond acceptors (Lipinski definition) is 5. The lowest BCUT2D eigenvalue weighted by Crippen LogP contribution is -2.21. The van der Waals surface area contributed by atoms with Gasteiger partial charge in [0.2, 0.25) is 0 Å². The first kappa shape index (κ1) is 15.9. The van der Waals surface area contributed by atoms with Crippen molar-refractivity contribution in [2.24, 2.45) is 5.92 Å². The van der Waals surface area contributed by atoms with Crippen molar-refractivity contribution in [1.82, 2.24) is 15.3 Å². The van der Waals surface area contributed by atoms with E-state index in [4.69, 9.17) is 0 Å². The van der Waals surface area contributed by atoms with Gasteiger partial charge in [-0.25, -0.2) is 9.97 Å². The maximum Gasteiger partial charge on any atom is 0.129 e. The second kappa shape index (κ2) is 7.52. The van der Waals surface area contributed by atoms with Crippen molar-refractivity contribution in [2.45, 2.75) is 33.9 Å². The number of thiazole rings is 1. The van der Waals surface area contributed by atoms with Gasteiger partial charge in [-0.05, 0) is 37.1 Å². The van der Waals surface area contributed by atoms with Crippen molar-refractivity contribution in [3.63, 3.8) is 0 Å². The first-order chi connectivity index (χ1) is 10.0. The predicted molar refractivity (Wildman–Crippen MR) is 89.7 cm³/mol. The van der Waals surface area contributed by atoms with E-state index in [2.05, 4.69) is 58.6 Å². The SMILES string of the molecule is Cc1cc(CNCC(C)C)cc(N(C)Cc2cscn2)n1. The number of rotatable bonds is 7. The third kappa shape index (κ3) is 5.10. The fourth-order valence-electron chi connectivity index (χ4n) is 2.16. The van der Waals surface area contributed by atoms with E-state index in [1.807, 2.05) is 12.4 Å². The van der Waals surface area contributed by atoms with E-state index in [-0.39, 0.29) is 0 Å². The van der Waals surface area contributed by atoms with Crippen molar-refractivity contribution in [3.05, 3.63) is 40.0 Å². The van der Waals surface area contributed by atoms with Gasteiger partial charge < -0.3 is 10.2 Å². The molecule has 0 bridgehead atoms. The number of aromatic nitrogens is 2. The Morgan fingerprint density at radius 3 is 2.81 bits per heavy atom. The number of hydrogen-bond donors (Lipinski definition) is 1. The Bertz CT molecular complexity index is 551. The van der Waals surface area contributed by atoms with Gasteiger partial charge in [0.15, 0.2) is 0 Å². The maximum atomic E-state index is 4.63. The molecule has 2 aromatic heterocycles. The Kier molecular flexibility index (Phi) is 5.70. The molecule has 114 valence electrons. The second-order valence-electron chi connectivity index (χ2n) is 5.84. The molecule has 0 atom stereocenters. The van der Waals surface area contributed by atoms with E-state index >= 15 is 0 Å². The quantitative estimate of drug-likeness (QED) is 0.852. The fraction of sp³-hybridized carbons (Fsp3) is 0.500. The molecular formula is C16H24N4S. The molecule has 0 saturated heterocycles. The minimum absolute atomic E-state index is 0.666. The van der Waals surface area contributed by atoms with E-state index in [1.165, 1.54) is 5.56 Å². The van der Waals surface area contributed by atoms with E-state index in [1.54, 1.807) is 11.3 Å². The van der Waals surface area contributed by atoms with Gasteiger partial charge in [-0.2, -0.15) is 0 Å². The van der Waals surface area contributed by atoms with E-state index < -0.39 is 0 Å². The summed E-state index contributed by atoms with van der Waals surface area (Å²) in [4.78, 5) is 11.1. The van der Waals surface area contributed by atoms with Crippen LogP contribution in [-0.2, 0) is 13.1 Å². The number of nitrogens with zero attached hydrogens (tertiary/aromatic N) is 3. The molecule has 0 saturated carbocycles. The van der Waals surface area contributed by atoms with Gasteiger partial charge in [-0.1, -0.05) is 13.8 Å². The molecule has 0 aliphatic heterocycles. The zero-order valence-electron chi connectivity index (χ0n) is 13.3. The molecule has 2 aromatic rings. The summed E-state index contributed by atoms with van der Waals surface area (Å²) in [6.45, 7) is 9.20. The van der Waals surface area contributed by atoms with E-state index in [0.717, 1.165) is 36.8 Å². The second-order valence-corrected chi connectivity index (χ2v) is 6.55. The van der Waals surface area contributed by atoms with Crippen LogP contribution in [-0.4, -0.2) is 23.6 Å². The highest BCUT2D eigenvalue weighted by Gasteiger charge is 2.07. The highest BCUT2D eigenvalue weighted by atomic mass is 32.1. The van der Waals surface area contributed by atoms with Crippen LogP contribution >= 0.6 is 11.3 Å². The average molecular weight is 304 g/mol. The first-order valence-corrected chi connectivity index (χ1v) is 8.25. The van der Waals surface area contributed by atoms with Crippen molar-refractivity contribution in [1.29, 1.82) is 0 Å². The Morgan fingerprint density at radius 2 is 2.14 bits per heavy atom. The van der Waals surface area contributed by atoms with Crippen LogP contribution < -0.4 is 10.2 Å². The smallest absolute Gasteiger partial charge is 0.129 e. The maximum absolute atomic E-state index is 4.63. The van der Waals surface area contributed by atoms with Crippen LogP contribution in [0.4, 0.5) is 5.82 Å². The van der Waals surface area contributed by atoms with Crippen LogP contribution in [0.3, 0.4) is 0 Å². The molecule has 0 amide bonds. The number of anilines is 1. The highest BCUT2D eigenvalue weighted by Crippen LogP contribution is 2.16. The summed E-state index contributed by atoms with van der Waals surface area (Å²) in [5.74, 6) is 1.67. The van der Waals surface area contributed by atoms with E-state index in [9.17, 15) is 0 Å². The Balaban J connectivity index is 2.03. The Morgan fingerprint density at radius 1 is 1.33 bits per heavy atom. The zero-order valence-corrected chi connectivity index (χ0v) is 14.1. The summed E-state index contributed by atoms with van der Waals surface area (Å²) in [6.07, 6.45) is 0. The normalized spacial score (nSPS) is 11.1. The van der Waals surface area contributed by atoms with Crippen LogP contribution in [0, 0.1) is 12.8 Å². The van der Waals surface area contributed by atoms with E-state index in [0.29, 0.717) is 5.92 Å². The van der Waals surface area contributed by atoms with Crippen LogP contribution in [0.1, 0.15) is 30.8 Å². The van der Waals surface area contributed by atoms with Gasteiger partial charge in [0.05, 0.1) is 17.7 Å². The highest BCUT2D eigenvalue weighted by molar-refractivity contribution is 7.07. The number of pyridine rings is 1. The van der Waals surface area contributed by atoms with Gasteiger partial charge in [0.25, 0.3) is 0 Å². The first-order valence-electron chi connectivity index (χ1n) is 7.31. The third-order valence-electron chi connectivity index (χ3n) is 3.16. The van der Waals surface area contributed by atoms with Crippen LogP contribution in [0.15, 0.2) is 23.0 Å². The molecule has 21 heavy (non-hydrogen) atoms. The third-order valence-corrected chi connectivity index (χ3v) is 3.79. The topological polar surface area (TPSA) is 41.0 Å². The molecule has 0 unspecified atom stereocenters. The number of nitrogens with one attached hydrogen (secondary N) is 1. The summed E-state index contributed by atoms with van der Waals surface area (Å²) in [5, 5.41) is 5.56. The van der Waals surface area contributed by atoms with Crippen LogP contribution in [0.25, 0.3) is 0 Å². The summed E-state index contributed by atoms with van der Waals surface area (Å²) >= 11 is 1.63. The molecule has 0 aromatic carbocycles. The minimum atomic E-state index is 0.666. The lowest BCUT2D eigenvalue weighted by Gasteiger charge is -2.19. The summed E-state index contributed by atoms with van der Waals surface area (Å²) in [7, 11) is 2.06. The summed E-state index contributed by atoms with van der Waals surface area (Å²) < 4.78 is 0. The van der Waals surface area contributed by atoms with Crippen molar-refractivity contribution in [2.75, 3.05) is 18.5 Å². The summed E-state index contributed by atoms with van der Waals surface area (Å²) in [5.41, 5.74) is 5.29. The largest absolute Gasteiger partial charge is 0.354 e.